The van der Waals surface area contributed by atoms with Gasteiger partial charge in [-0.2, -0.15) is 0 Å². The lowest BCUT2D eigenvalue weighted by atomic mass is 9.96. The maximum absolute atomic E-state index is 13.7. The maximum Gasteiger partial charge on any atom is 0.350 e. The third kappa shape index (κ3) is 5.04. The van der Waals surface area contributed by atoms with Gasteiger partial charge < -0.3 is 19.0 Å². The number of thiazole rings is 1. The first-order valence-corrected chi connectivity index (χ1v) is 14.4. The molecule has 3 aromatic heterocycles. The van der Waals surface area contributed by atoms with Crippen LogP contribution in [0.15, 0.2) is 48.2 Å². The van der Waals surface area contributed by atoms with Crippen molar-refractivity contribution in [3.8, 4) is 5.75 Å². The molecule has 1 saturated heterocycles. The van der Waals surface area contributed by atoms with Gasteiger partial charge in [-0.25, -0.2) is 14.8 Å². The summed E-state index contributed by atoms with van der Waals surface area (Å²) in [6.07, 6.45) is 2.67. The Labute approximate surface area is 247 Å². The van der Waals surface area contributed by atoms with Crippen LogP contribution in [-0.4, -0.2) is 50.9 Å². The highest BCUT2D eigenvalue weighted by Crippen LogP contribution is 2.44. The monoisotopic (exact) mass is 588 g/mol. The molecular formula is C31H32N4O6S. The van der Waals surface area contributed by atoms with Crippen LogP contribution in [0.25, 0.3) is 11.4 Å². The van der Waals surface area contributed by atoms with E-state index >= 15 is 0 Å². The number of aliphatic hydroxyl groups is 1. The van der Waals surface area contributed by atoms with Gasteiger partial charge in [-0.15, -0.1) is 0 Å². The zero-order valence-corrected chi connectivity index (χ0v) is 25.1. The van der Waals surface area contributed by atoms with Crippen molar-refractivity contribution in [3.63, 3.8) is 0 Å². The number of Topliss-reactive ketones (excluding diaryl/α,β-unsaturated/α-hetero) is 1. The van der Waals surface area contributed by atoms with E-state index in [9.17, 15) is 19.5 Å². The molecule has 218 valence electrons. The van der Waals surface area contributed by atoms with Gasteiger partial charge in [0.2, 0.25) is 0 Å². The minimum Gasteiger partial charge on any atom is -0.505 e. The van der Waals surface area contributed by atoms with E-state index in [1.807, 2.05) is 29.7 Å². The second-order valence-electron chi connectivity index (χ2n) is 10.6. The number of aliphatic hydroxyl groups excluding tert-OH is 1. The number of rotatable bonds is 8. The number of benzene rings is 1. The Balaban J connectivity index is 1.70. The number of nitrogens with zero attached hydrogens (tertiary/aromatic N) is 4. The molecule has 10 nitrogen and oxygen atoms in total. The van der Waals surface area contributed by atoms with Crippen LogP contribution in [-0.2, 0) is 14.3 Å². The number of aromatic nitrogens is 3. The van der Waals surface area contributed by atoms with E-state index in [1.54, 1.807) is 38.1 Å². The Kier molecular flexibility index (Phi) is 7.87. The van der Waals surface area contributed by atoms with Gasteiger partial charge in [0.1, 0.15) is 22.0 Å². The average Bonchev–Trinajstić information content (AvgIpc) is 3.60. The van der Waals surface area contributed by atoms with Crippen LogP contribution in [0.4, 0.5) is 5.13 Å². The molecule has 0 radical (unpaired) electrons. The number of hydrogen-bond acceptors (Lipinski definition) is 9. The van der Waals surface area contributed by atoms with E-state index in [1.165, 1.54) is 12.0 Å². The molecule has 0 aliphatic carbocycles. The van der Waals surface area contributed by atoms with Crippen molar-refractivity contribution < 1.29 is 29.0 Å². The summed E-state index contributed by atoms with van der Waals surface area (Å²) in [5.74, 6) is -1.74. The summed E-state index contributed by atoms with van der Waals surface area (Å²) in [5.41, 5.74) is 3.08. The van der Waals surface area contributed by atoms with Crippen LogP contribution >= 0.6 is 11.3 Å². The van der Waals surface area contributed by atoms with E-state index in [0.29, 0.717) is 40.9 Å². The molecule has 4 heterocycles. The second-order valence-corrected chi connectivity index (χ2v) is 11.6. The van der Waals surface area contributed by atoms with Crippen LogP contribution in [0.2, 0.25) is 0 Å². The van der Waals surface area contributed by atoms with Gasteiger partial charge in [-0.1, -0.05) is 43.4 Å². The molecule has 1 N–H and O–H groups in total. The number of carbonyl (C=O) groups is 3. The quantitative estimate of drug-likeness (QED) is 0.123. The average molecular weight is 589 g/mol. The largest absolute Gasteiger partial charge is 0.505 e. The molecule has 1 aromatic carbocycles. The summed E-state index contributed by atoms with van der Waals surface area (Å²) in [5, 5.41) is 11.8. The topological polar surface area (TPSA) is 123 Å². The fourth-order valence-corrected chi connectivity index (χ4v) is 5.99. The first-order chi connectivity index (χ1) is 20.0. The van der Waals surface area contributed by atoms with Gasteiger partial charge in [0.25, 0.3) is 5.78 Å². The maximum atomic E-state index is 13.7. The Morgan fingerprint density at radius 1 is 1.12 bits per heavy atom. The molecule has 0 spiro atoms. The Morgan fingerprint density at radius 2 is 1.88 bits per heavy atom. The molecule has 0 bridgehead atoms. The minimum atomic E-state index is -1.06. The Bertz CT molecular complexity index is 1750. The third-order valence-electron chi connectivity index (χ3n) is 7.25. The van der Waals surface area contributed by atoms with Gasteiger partial charge in [-0.05, 0) is 62.4 Å². The number of fused-ring (bicyclic) bond motifs is 1. The third-order valence-corrected chi connectivity index (χ3v) is 8.39. The lowest BCUT2D eigenvalue weighted by Crippen LogP contribution is -2.29. The minimum absolute atomic E-state index is 0.129. The second kappa shape index (κ2) is 11.4. The van der Waals surface area contributed by atoms with Crippen LogP contribution < -0.4 is 9.64 Å². The summed E-state index contributed by atoms with van der Waals surface area (Å²) >= 11 is 0.945. The summed E-state index contributed by atoms with van der Waals surface area (Å²) in [4.78, 5) is 50.3. The number of methoxy groups -OCH3 is 1. The molecule has 11 heteroatoms. The number of aryl methyl sites for hydroxylation is 3. The molecule has 5 rings (SSSR count). The van der Waals surface area contributed by atoms with Crippen molar-refractivity contribution in [1.82, 2.24) is 14.4 Å². The number of ketones is 1. The highest BCUT2D eigenvalue weighted by atomic mass is 32.1. The zero-order chi connectivity index (χ0) is 30.3. The number of pyridine rings is 1. The Morgan fingerprint density at radius 3 is 2.57 bits per heavy atom. The molecule has 1 aliphatic heterocycles. The highest BCUT2D eigenvalue weighted by molar-refractivity contribution is 7.17. The number of anilines is 1. The summed E-state index contributed by atoms with van der Waals surface area (Å²) in [6, 6.07) is 9.79. The summed E-state index contributed by atoms with van der Waals surface area (Å²) in [6.45, 7) is 10.0. The molecule has 1 unspecified atom stereocenters. The zero-order valence-electron chi connectivity index (χ0n) is 24.3. The van der Waals surface area contributed by atoms with E-state index in [-0.39, 0.29) is 21.3 Å². The van der Waals surface area contributed by atoms with Crippen LogP contribution in [0.3, 0.4) is 0 Å². The van der Waals surface area contributed by atoms with E-state index in [0.717, 1.165) is 23.3 Å². The highest BCUT2D eigenvalue weighted by Gasteiger charge is 2.49. The van der Waals surface area contributed by atoms with Crippen LogP contribution in [0, 0.1) is 26.7 Å². The summed E-state index contributed by atoms with van der Waals surface area (Å²) < 4.78 is 12.7. The van der Waals surface area contributed by atoms with Gasteiger partial charge in [0, 0.05) is 6.20 Å². The first kappa shape index (κ1) is 29.0. The molecule has 42 heavy (non-hydrogen) atoms. The Hall–Kier alpha value is -4.51. The fourth-order valence-electron chi connectivity index (χ4n) is 4.97. The van der Waals surface area contributed by atoms with Crippen molar-refractivity contribution in [2.75, 3.05) is 18.6 Å². The van der Waals surface area contributed by atoms with E-state index in [2.05, 4.69) is 23.8 Å². The van der Waals surface area contributed by atoms with Crippen molar-refractivity contribution >= 4 is 45.5 Å². The molecular weight excluding hydrogens is 556 g/mol. The first-order valence-electron chi connectivity index (χ1n) is 13.6. The number of ether oxygens (including phenoxy) is 2. The van der Waals surface area contributed by atoms with E-state index < -0.39 is 29.5 Å². The van der Waals surface area contributed by atoms with Gasteiger partial charge in [-0.3, -0.25) is 14.5 Å². The molecule has 4 aromatic rings. The fraction of sp³-hybridized carbons (Fsp3) is 0.323. The normalized spacial score (nSPS) is 16.5. The lowest BCUT2D eigenvalue weighted by molar-refractivity contribution is -0.132. The van der Waals surface area contributed by atoms with Crippen LogP contribution in [0.1, 0.15) is 64.2 Å². The van der Waals surface area contributed by atoms with Gasteiger partial charge in [0.15, 0.2) is 10.9 Å². The molecule has 1 atom stereocenters. The van der Waals surface area contributed by atoms with Gasteiger partial charge in [0.05, 0.1) is 36.7 Å². The molecule has 1 aliphatic rings. The molecule has 1 fully saturated rings. The van der Waals surface area contributed by atoms with Crippen molar-refractivity contribution in [3.05, 3.63) is 81.3 Å². The number of imidazole rings is 1. The summed E-state index contributed by atoms with van der Waals surface area (Å²) in [7, 11) is 1.26. The molecule has 0 saturated carbocycles. The number of amides is 1. The van der Waals surface area contributed by atoms with Crippen molar-refractivity contribution in [2.24, 2.45) is 5.92 Å². The predicted molar refractivity (Wildman–Crippen MR) is 159 cm³/mol. The predicted octanol–water partition coefficient (Wildman–Crippen LogP) is 5.55. The van der Waals surface area contributed by atoms with Crippen molar-refractivity contribution in [2.45, 2.75) is 47.1 Å². The molecule has 1 amide bonds. The van der Waals surface area contributed by atoms with E-state index in [4.69, 9.17) is 9.47 Å². The number of hydrogen-bond donors (Lipinski definition) is 1. The standard InChI is InChI=1S/C31H32N4O6S/c1-16(2)12-14-41-21-11-7-10-20(15-21)24-22(25(36)23-19(5)34-13-8-9-17(3)28(34)33-23)26(37)29(38)35(24)31-32-18(4)27(42-31)30(39)40-6/h7-11,13,15-16,24,36H,12,14H2,1-6H3. The SMILES string of the molecule is COC(=O)c1sc(N2C(=O)C(=O)C(=C(O)c3nc4c(C)cccn4c3C)C2c2cccc(OCCC(C)C)c2)nc1C. The smallest absolute Gasteiger partial charge is 0.350 e. The number of carbonyl (C=O) groups excluding carboxylic acids is 3. The number of esters is 1. The van der Waals surface area contributed by atoms with Gasteiger partial charge >= 0.3 is 11.9 Å². The van der Waals surface area contributed by atoms with Crippen molar-refractivity contribution in [1.29, 1.82) is 0 Å². The van der Waals surface area contributed by atoms with Crippen LogP contribution in [0.5, 0.6) is 5.75 Å². The lowest BCUT2D eigenvalue weighted by Gasteiger charge is -2.23.